The molecular weight excluding hydrogens is 382 g/mol. The number of allylic oxidation sites excluding steroid dienone is 1. The van der Waals surface area contributed by atoms with Gasteiger partial charge in [-0.1, -0.05) is 32.6 Å². The molecule has 3 heterocycles. The van der Waals surface area contributed by atoms with Gasteiger partial charge in [0.25, 0.3) is 0 Å². The number of benzene rings is 1. The Balaban J connectivity index is 0.00000136. The van der Waals surface area contributed by atoms with Crippen molar-refractivity contribution in [3.05, 3.63) is 59.6 Å². The van der Waals surface area contributed by atoms with Crippen LogP contribution in [0.3, 0.4) is 0 Å². The Kier molecular flexibility index (Phi) is 7.29. The molecule has 3 aromatic heterocycles. The lowest BCUT2D eigenvalue weighted by atomic mass is 9.97. The number of hydrogen-bond acceptors (Lipinski definition) is 3. The summed E-state index contributed by atoms with van der Waals surface area (Å²) in [6.45, 7) is 3.92. The lowest BCUT2D eigenvalue weighted by Crippen LogP contribution is -2.15. The van der Waals surface area contributed by atoms with Crippen LogP contribution in [0.25, 0.3) is 33.3 Å². The lowest BCUT2D eigenvalue weighted by molar-refractivity contribution is 0.632. The van der Waals surface area contributed by atoms with Crippen LogP contribution in [0.15, 0.2) is 48.2 Å². The Labute approximate surface area is 185 Å². The number of nitrogens with zero attached hydrogens (tertiary/aromatic N) is 2. The van der Waals surface area contributed by atoms with E-state index in [1.807, 2.05) is 19.2 Å². The number of H-pyrrole nitrogens is 2. The van der Waals surface area contributed by atoms with Gasteiger partial charge in [0.2, 0.25) is 0 Å². The van der Waals surface area contributed by atoms with Crippen LogP contribution < -0.4 is 5.32 Å². The maximum atomic E-state index is 4.45. The molecule has 0 spiro atoms. The molecule has 0 radical (unpaired) electrons. The van der Waals surface area contributed by atoms with Crippen LogP contribution in [-0.4, -0.2) is 26.5 Å². The third kappa shape index (κ3) is 4.88. The lowest BCUT2D eigenvalue weighted by Gasteiger charge is -2.13. The normalized spacial score (nSPS) is 13.6. The van der Waals surface area contributed by atoms with Crippen molar-refractivity contribution in [3.63, 3.8) is 0 Å². The van der Waals surface area contributed by atoms with Crippen molar-refractivity contribution in [3.8, 4) is 11.3 Å². The van der Waals surface area contributed by atoms with Gasteiger partial charge in [-0.3, -0.25) is 0 Å². The predicted molar refractivity (Wildman–Crippen MR) is 132 cm³/mol. The largest absolute Gasteiger partial charge is 0.354 e. The van der Waals surface area contributed by atoms with E-state index in [2.05, 4.69) is 55.6 Å². The van der Waals surface area contributed by atoms with Crippen LogP contribution in [0.1, 0.15) is 58.3 Å². The summed E-state index contributed by atoms with van der Waals surface area (Å²) in [5, 5.41) is 4.84. The Morgan fingerprint density at radius 3 is 2.81 bits per heavy atom. The SMILES string of the molecule is C.C.Cc1nc2nccc(-c3cc4cc(CNCCC5=CCCCC5)ccc4[nH]3)c2[nH]1. The fourth-order valence-corrected chi connectivity index (χ4v) is 4.30. The van der Waals surface area contributed by atoms with Crippen LogP contribution in [0, 0.1) is 6.92 Å². The van der Waals surface area contributed by atoms with E-state index in [0.29, 0.717) is 0 Å². The Morgan fingerprint density at radius 2 is 1.97 bits per heavy atom. The summed E-state index contributed by atoms with van der Waals surface area (Å²) in [6.07, 6.45) is 10.7. The molecule has 1 aliphatic rings. The number of aromatic nitrogens is 4. The fraction of sp³-hybridized carbons (Fsp3) is 0.385. The maximum Gasteiger partial charge on any atom is 0.178 e. The fourth-order valence-electron chi connectivity index (χ4n) is 4.30. The summed E-state index contributed by atoms with van der Waals surface area (Å²) < 4.78 is 0. The van der Waals surface area contributed by atoms with Crippen molar-refractivity contribution in [2.75, 3.05) is 6.54 Å². The van der Waals surface area contributed by atoms with Crippen molar-refractivity contribution >= 4 is 22.1 Å². The minimum atomic E-state index is 0. The summed E-state index contributed by atoms with van der Waals surface area (Å²) in [4.78, 5) is 15.7. The zero-order valence-electron chi connectivity index (χ0n) is 16.9. The molecule has 1 aromatic carbocycles. The zero-order chi connectivity index (χ0) is 19.6. The van der Waals surface area contributed by atoms with E-state index in [4.69, 9.17) is 0 Å². The molecule has 5 rings (SSSR count). The van der Waals surface area contributed by atoms with Crippen LogP contribution in [0.5, 0.6) is 0 Å². The molecule has 0 fully saturated rings. The second-order valence-corrected chi connectivity index (χ2v) is 8.02. The predicted octanol–water partition coefficient (Wildman–Crippen LogP) is 6.67. The maximum absolute atomic E-state index is 4.45. The summed E-state index contributed by atoms with van der Waals surface area (Å²) in [6, 6.07) is 10.9. The van der Waals surface area contributed by atoms with E-state index < -0.39 is 0 Å². The van der Waals surface area contributed by atoms with Crippen LogP contribution in [-0.2, 0) is 6.54 Å². The molecule has 164 valence electrons. The third-order valence-corrected chi connectivity index (χ3v) is 5.82. The average Bonchev–Trinajstić information content (AvgIpc) is 3.33. The second-order valence-electron chi connectivity index (χ2n) is 8.02. The monoisotopic (exact) mass is 417 g/mol. The first-order chi connectivity index (χ1) is 14.3. The molecule has 0 atom stereocenters. The summed E-state index contributed by atoms with van der Waals surface area (Å²) >= 11 is 0. The molecule has 5 heteroatoms. The van der Waals surface area contributed by atoms with E-state index in [0.717, 1.165) is 46.9 Å². The van der Waals surface area contributed by atoms with Gasteiger partial charge in [0.1, 0.15) is 5.82 Å². The van der Waals surface area contributed by atoms with Crippen LogP contribution in [0.4, 0.5) is 0 Å². The molecule has 4 aromatic rings. The molecule has 0 bridgehead atoms. The zero-order valence-corrected chi connectivity index (χ0v) is 16.9. The van der Waals surface area contributed by atoms with Gasteiger partial charge in [0.15, 0.2) is 5.65 Å². The van der Waals surface area contributed by atoms with Gasteiger partial charge in [-0.05, 0) is 75.4 Å². The topological polar surface area (TPSA) is 69.4 Å². The molecule has 31 heavy (non-hydrogen) atoms. The highest BCUT2D eigenvalue weighted by Gasteiger charge is 2.11. The first kappa shape index (κ1) is 22.8. The van der Waals surface area contributed by atoms with E-state index in [9.17, 15) is 0 Å². The standard InChI is InChI=1S/C24H27N5.2CH4/c1-16-27-23-20(10-12-26-24(23)28-16)22-14-19-13-18(7-8-21(19)29-22)15-25-11-9-17-5-3-2-4-6-17;;/h5,7-8,10,12-14,25,29H,2-4,6,9,11,15H2,1H3,(H,26,27,28);2*1H4. The van der Waals surface area contributed by atoms with Gasteiger partial charge < -0.3 is 15.3 Å². The summed E-state index contributed by atoms with van der Waals surface area (Å²) in [5.74, 6) is 0.883. The van der Waals surface area contributed by atoms with E-state index >= 15 is 0 Å². The third-order valence-electron chi connectivity index (χ3n) is 5.82. The molecule has 0 aliphatic heterocycles. The molecule has 0 amide bonds. The minimum absolute atomic E-state index is 0. The number of pyridine rings is 1. The van der Waals surface area contributed by atoms with E-state index in [-0.39, 0.29) is 14.9 Å². The number of hydrogen-bond donors (Lipinski definition) is 3. The number of aromatic amines is 2. The minimum Gasteiger partial charge on any atom is -0.354 e. The summed E-state index contributed by atoms with van der Waals surface area (Å²) in [5.41, 5.74) is 8.03. The van der Waals surface area contributed by atoms with Gasteiger partial charge in [0, 0.05) is 34.9 Å². The van der Waals surface area contributed by atoms with E-state index in [1.165, 1.54) is 43.1 Å². The second kappa shape index (κ2) is 9.92. The molecular formula is C26H35N5. The molecule has 0 saturated carbocycles. The molecule has 5 nitrogen and oxygen atoms in total. The van der Waals surface area contributed by atoms with E-state index in [1.54, 1.807) is 5.57 Å². The van der Waals surface area contributed by atoms with Crippen LogP contribution >= 0.6 is 0 Å². The molecule has 3 N–H and O–H groups in total. The average molecular weight is 418 g/mol. The van der Waals surface area contributed by atoms with Crippen molar-refractivity contribution in [2.24, 2.45) is 0 Å². The van der Waals surface area contributed by atoms with Gasteiger partial charge in [0.05, 0.1) is 5.52 Å². The van der Waals surface area contributed by atoms with Crippen molar-refractivity contribution in [1.82, 2.24) is 25.3 Å². The van der Waals surface area contributed by atoms with Gasteiger partial charge in [-0.25, -0.2) is 9.97 Å². The number of rotatable bonds is 6. The first-order valence-corrected chi connectivity index (χ1v) is 10.6. The Hall–Kier alpha value is -2.92. The number of nitrogens with one attached hydrogen (secondary N) is 3. The Morgan fingerprint density at radius 1 is 1.06 bits per heavy atom. The smallest absolute Gasteiger partial charge is 0.178 e. The van der Waals surface area contributed by atoms with Crippen molar-refractivity contribution in [1.29, 1.82) is 0 Å². The van der Waals surface area contributed by atoms with Gasteiger partial charge in [-0.15, -0.1) is 0 Å². The summed E-state index contributed by atoms with van der Waals surface area (Å²) in [7, 11) is 0. The molecule has 0 unspecified atom stereocenters. The highest BCUT2D eigenvalue weighted by atomic mass is 15.0. The molecule has 1 aliphatic carbocycles. The van der Waals surface area contributed by atoms with Crippen molar-refractivity contribution < 1.29 is 0 Å². The highest BCUT2D eigenvalue weighted by Crippen LogP contribution is 2.29. The number of imidazole rings is 1. The molecule has 0 saturated heterocycles. The quantitative estimate of drug-likeness (QED) is 0.242. The van der Waals surface area contributed by atoms with Crippen molar-refractivity contribution in [2.45, 2.75) is 60.4 Å². The highest BCUT2D eigenvalue weighted by molar-refractivity contribution is 5.94. The van der Waals surface area contributed by atoms with Gasteiger partial charge >= 0.3 is 0 Å². The number of aryl methyl sites for hydroxylation is 1. The van der Waals surface area contributed by atoms with Crippen LogP contribution in [0.2, 0.25) is 0 Å². The first-order valence-electron chi connectivity index (χ1n) is 10.6. The number of fused-ring (bicyclic) bond motifs is 2. The van der Waals surface area contributed by atoms with Gasteiger partial charge in [-0.2, -0.15) is 0 Å². The Bertz CT molecular complexity index is 1180.